The molecule has 2 aliphatic rings. The summed E-state index contributed by atoms with van der Waals surface area (Å²) in [5.41, 5.74) is 2.73. The molecule has 0 saturated carbocycles. The van der Waals surface area contributed by atoms with Crippen LogP contribution in [0.1, 0.15) is 24.5 Å². The molecule has 0 aliphatic carbocycles. The van der Waals surface area contributed by atoms with E-state index in [4.69, 9.17) is 14.2 Å². The Labute approximate surface area is 238 Å². The molecule has 3 heterocycles. The lowest BCUT2D eigenvalue weighted by molar-refractivity contribution is -0.162. The lowest BCUT2D eigenvalue weighted by atomic mass is 9.82. The second kappa shape index (κ2) is 12.1. The number of β-lactam (4-membered cyclic amide) rings is 1. The van der Waals surface area contributed by atoms with Gasteiger partial charge < -0.3 is 24.4 Å². The van der Waals surface area contributed by atoms with Crippen molar-refractivity contribution < 1.29 is 28.6 Å². The first kappa shape index (κ1) is 27.6. The van der Waals surface area contributed by atoms with E-state index in [-0.39, 0.29) is 30.9 Å². The Bertz CT molecular complexity index is 1530. The maximum atomic E-state index is 13.4. The van der Waals surface area contributed by atoms with Gasteiger partial charge in [-0.3, -0.25) is 4.79 Å². The molecule has 2 aromatic carbocycles. The van der Waals surface area contributed by atoms with Gasteiger partial charge in [-0.2, -0.15) is 0 Å². The van der Waals surface area contributed by atoms with E-state index in [0.717, 1.165) is 27.7 Å². The number of fused-ring (bicyclic) bond motifs is 2. The molecule has 2 aliphatic heterocycles. The average molecular weight is 554 g/mol. The Morgan fingerprint density at radius 3 is 2.61 bits per heavy atom. The SMILES string of the molecule is C=CCOC(=O)O[C@H](C)[C@H]1C(=O)N2C(C(=O)OCC=C)=C(c3cc(CNc4ccccn4)c4ccccc4c3)C[C@H]12. The maximum Gasteiger partial charge on any atom is 0.508 e. The van der Waals surface area contributed by atoms with Gasteiger partial charge >= 0.3 is 12.1 Å². The summed E-state index contributed by atoms with van der Waals surface area (Å²) in [5, 5.41) is 5.42. The summed E-state index contributed by atoms with van der Waals surface area (Å²) >= 11 is 0. The number of anilines is 1. The molecule has 3 aromatic rings. The number of nitrogens with one attached hydrogen (secondary N) is 1. The first-order valence-electron chi connectivity index (χ1n) is 13.4. The molecule has 1 N–H and O–H groups in total. The molecule has 0 spiro atoms. The molecule has 1 amide bonds. The van der Waals surface area contributed by atoms with Gasteiger partial charge in [0, 0.05) is 12.7 Å². The molecule has 0 unspecified atom stereocenters. The number of pyridine rings is 1. The zero-order valence-corrected chi connectivity index (χ0v) is 22.7. The number of aromatic nitrogens is 1. The highest BCUT2D eigenvalue weighted by Gasteiger charge is 2.58. The van der Waals surface area contributed by atoms with Crippen molar-refractivity contribution in [3.8, 4) is 0 Å². The minimum absolute atomic E-state index is 0.00417. The van der Waals surface area contributed by atoms with Gasteiger partial charge in [-0.25, -0.2) is 14.6 Å². The predicted octanol–water partition coefficient (Wildman–Crippen LogP) is 5.25. The van der Waals surface area contributed by atoms with Crippen molar-refractivity contribution >= 4 is 40.2 Å². The molecular formula is C32H31N3O6. The molecule has 5 rings (SSSR count). The van der Waals surface area contributed by atoms with Crippen LogP contribution < -0.4 is 5.32 Å². The van der Waals surface area contributed by atoms with E-state index in [2.05, 4.69) is 23.5 Å². The van der Waals surface area contributed by atoms with E-state index in [1.54, 1.807) is 13.1 Å². The number of carbonyl (C=O) groups excluding carboxylic acids is 3. The van der Waals surface area contributed by atoms with Crippen molar-refractivity contribution in [1.82, 2.24) is 9.88 Å². The molecule has 1 fully saturated rings. The zero-order valence-electron chi connectivity index (χ0n) is 22.7. The normalized spacial score (nSPS) is 18.3. The molecule has 0 radical (unpaired) electrons. The molecule has 0 bridgehead atoms. The third-order valence-electron chi connectivity index (χ3n) is 7.26. The predicted molar refractivity (Wildman–Crippen MR) is 154 cm³/mol. The summed E-state index contributed by atoms with van der Waals surface area (Å²) in [5.74, 6) is -0.794. The van der Waals surface area contributed by atoms with Crippen molar-refractivity contribution in [2.24, 2.45) is 5.92 Å². The van der Waals surface area contributed by atoms with Gasteiger partial charge in [0.2, 0.25) is 5.91 Å². The standard InChI is InChI=1S/C32H31N3O6/c1-4-14-39-31(37)29-25(18-26-28(30(36)35(26)29)20(3)41-32(38)40-15-5-2)22-16-21-10-6-7-11-24(21)23(17-22)19-34-27-12-8-9-13-33-27/h4-13,16-17,20,26,28H,1-2,14-15,18-19H2,3H3,(H,33,34)/t20-,26-,28-/m1/s1. The van der Waals surface area contributed by atoms with E-state index < -0.39 is 24.1 Å². The quantitative estimate of drug-likeness (QED) is 0.195. The third-order valence-corrected chi connectivity index (χ3v) is 7.26. The maximum absolute atomic E-state index is 13.4. The van der Waals surface area contributed by atoms with E-state index in [1.165, 1.54) is 17.1 Å². The molecular weight excluding hydrogens is 522 g/mol. The highest BCUT2D eigenvalue weighted by Crippen LogP contribution is 2.48. The van der Waals surface area contributed by atoms with Gasteiger partial charge in [-0.15, -0.1) is 0 Å². The topological polar surface area (TPSA) is 107 Å². The first-order valence-corrected chi connectivity index (χ1v) is 13.4. The molecule has 1 aromatic heterocycles. The van der Waals surface area contributed by atoms with Crippen LogP contribution in [0.15, 0.2) is 91.8 Å². The first-order chi connectivity index (χ1) is 19.9. The van der Waals surface area contributed by atoms with Crippen molar-refractivity contribution in [2.45, 2.75) is 32.0 Å². The molecule has 9 nitrogen and oxygen atoms in total. The van der Waals surface area contributed by atoms with Gasteiger partial charge in [-0.1, -0.05) is 55.6 Å². The van der Waals surface area contributed by atoms with Crippen molar-refractivity contribution in [3.05, 3.63) is 103 Å². The summed E-state index contributed by atoms with van der Waals surface area (Å²) in [6.45, 7) is 9.30. The van der Waals surface area contributed by atoms with Crippen LogP contribution in [-0.4, -0.2) is 53.3 Å². The molecule has 1 saturated heterocycles. The number of amides is 1. The fourth-order valence-corrected chi connectivity index (χ4v) is 5.45. The number of esters is 1. The number of hydrogen-bond acceptors (Lipinski definition) is 8. The number of nitrogens with zero attached hydrogens (tertiary/aromatic N) is 2. The number of ether oxygens (including phenoxy) is 3. The van der Waals surface area contributed by atoms with Gasteiger partial charge in [0.1, 0.15) is 30.8 Å². The van der Waals surface area contributed by atoms with Crippen LogP contribution in [0.2, 0.25) is 0 Å². The molecule has 9 heteroatoms. The van der Waals surface area contributed by atoms with Crippen LogP contribution in [0.5, 0.6) is 0 Å². The van der Waals surface area contributed by atoms with E-state index >= 15 is 0 Å². The number of benzene rings is 2. The number of hydrogen-bond donors (Lipinski definition) is 1. The lowest BCUT2D eigenvalue weighted by Crippen LogP contribution is -2.62. The summed E-state index contributed by atoms with van der Waals surface area (Å²) in [6.07, 6.45) is 3.41. The zero-order chi connectivity index (χ0) is 28.9. The Balaban J connectivity index is 1.49. The average Bonchev–Trinajstić information content (AvgIpc) is 3.33. The van der Waals surface area contributed by atoms with Gasteiger partial charge in [0.15, 0.2) is 0 Å². The molecule has 41 heavy (non-hydrogen) atoms. The highest BCUT2D eigenvalue weighted by atomic mass is 16.7. The summed E-state index contributed by atoms with van der Waals surface area (Å²) in [4.78, 5) is 44.5. The van der Waals surface area contributed by atoms with E-state index in [0.29, 0.717) is 18.5 Å². The Hall–Kier alpha value is -4.92. The van der Waals surface area contributed by atoms with Crippen LogP contribution in [0.3, 0.4) is 0 Å². The van der Waals surface area contributed by atoms with Crippen LogP contribution in [-0.2, 0) is 30.3 Å². The van der Waals surface area contributed by atoms with Crippen LogP contribution in [0, 0.1) is 5.92 Å². The monoisotopic (exact) mass is 553 g/mol. The summed E-state index contributed by atoms with van der Waals surface area (Å²) in [7, 11) is 0. The Morgan fingerprint density at radius 1 is 1.10 bits per heavy atom. The number of carbonyl (C=O) groups is 3. The second-order valence-corrected chi connectivity index (χ2v) is 9.82. The molecule has 210 valence electrons. The fourth-order valence-electron chi connectivity index (χ4n) is 5.45. The minimum Gasteiger partial charge on any atom is -0.457 e. The fraction of sp³-hybridized carbons (Fsp3) is 0.250. The van der Waals surface area contributed by atoms with E-state index in [1.807, 2.05) is 54.6 Å². The molecule has 3 atom stereocenters. The third kappa shape index (κ3) is 5.56. The van der Waals surface area contributed by atoms with Crippen LogP contribution >= 0.6 is 0 Å². The Kier molecular flexibility index (Phi) is 8.14. The smallest absolute Gasteiger partial charge is 0.457 e. The largest absolute Gasteiger partial charge is 0.508 e. The Morgan fingerprint density at radius 2 is 1.85 bits per heavy atom. The van der Waals surface area contributed by atoms with Crippen molar-refractivity contribution in [3.63, 3.8) is 0 Å². The van der Waals surface area contributed by atoms with Crippen molar-refractivity contribution in [2.75, 3.05) is 18.5 Å². The lowest BCUT2D eigenvalue weighted by Gasteiger charge is -2.45. The van der Waals surface area contributed by atoms with Crippen LogP contribution in [0.25, 0.3) is 16.3 Å². The number of rotatable bonds is 11. The highest BCUT2D eigenvalue weighted by molar-refractivity contribution is 6.07. The van der Waals surface area contributed by atoms with E-state index in [9.17, 15) is 14.4 Å². The minimum atomic E-state index is -0.875. The van der Waals surface area contributed by atoms with Crippen molar-refractivity contribution in [1.29, 1.82) is 0 Å². The van der Waals surface area contributed by atoms with Gasteiger partial charge in [0.05, 0.1) is 12.0 Å². The summed E-state index contributed by atoms with van der Waals surface area (Å²) in [6, 6.07) is 17.4. The van der Waals surface area contributed by atoms with Crippen LogP contribution in [0.4, 0.5) is 10.6 Å². The second-order valence-electron chi connectivity index (χ2n) is 9.82. The van der Waals surface area contributed by atoms with Gasteiger partial charge in [0.25, 0.3) is 0 Å². The summed E-state index contributed by atoms with van der Waals surface area (Å²) < 4.78 is 15.7. The van der Waals surface area contributed by atoms with Gasteiger partial charge in [-0.05, 0) is 65.1 Å².